The molecule has 0 unspecified atom stereocenters. The molecule has 1 aliphatic rings. The van der Waals surface area contributed by atoms with Crippen LogP contribution in [0.15, 0.2) is 75.0 Å². The van der Waals surface area contributed by atoms with Crippen LogP contribution in [0.1, 0.15) is 17.7 Å². The zero-order valence-corrected chi connectivity index (χ0v) is 18.4. The van der Waals surface area contributed by atoms with Crippen molar-refractivity contribution >= 4 is 43.3 Å². The van der Waals surface area contributed by atoms with Gasteiger partial charge in [0.25, 0.3) is 10.0 Å². The molecule has 0 saturated heterocycles. The Morgan fingerprint density at radius 1 is 1.09 bits per heavy atom. The molecule has 0 radical (unpaired) electrons. The Labute approximate surface area is 188 Å². The summed E-state index contributed by atoms with van der Waals surface area (Å²) in [6.07, 6.45) is 0.124. The first kappa shape index (κ1) is 20.4. The van der Waals surface area contributed by atoms with Crippen molar-refractivity contribution in [1.82, 2.24) is 15.0 Å². The Bertz CT molecular complexity index is 1420. The van der Waals surface area contributed by atoms with E-state index in [9.17, 15) is 13.2 Å². The van der Waals surface area contributed by atoms with Crippen LogP contribution in [0.25, 0.3) is 21.0 Å². The van der Waals surface area contributed by atoms with Crippen molar-refractivity contribution in [2.24, 2.45) is 4.99 Å². The lowest BCUT2D eigenvalue weighted by atomic mass is 10.2. The van der Waals surface area contributed by atoms with Crippen LogP contribution in [-0.4, -0.2) is 31.7 Å². The standard InChI is InChI=1S/C22H18N4O4S2/c27-20(11-12-23-21-15-5-1-4-8-19(15)32(28,29)26-21)24-13-14-9-10-17(30-14)22-25-16-6-2-3-7-18(16)31-22/h1-10H,11-13H2,(H,23,26)(H,24,27). The molecule has 0 spiro atoms. The van der Waals surface area contributed by atoms with Crippen molar-refractivity contribution < 1.29 is 17.6 Å². The molecule has 5 rings (SSSR count). The third-order valence-corrected chi connectivity index (χ3v) is 7.35. The van der Waals surface area contributed by atoms with Gasteiger partial charge in [0.2, 0.25) is 5.91 Å². The monoisotopic (exact) mass is 466 g/mol. The topological polar surface area (TPSA) is 114 Å². The number of hydrogen-bond donors (Lipinski definition) is 2. The van der Waals surface area contributed by atoms with E-state index in [1.54, 1.807) is 29.5 Å². The lowest BCUT2D eigenvalue weighted by Gasteiger charge is -2.02. The second kappa shape index (κ2) is 8.21. The molecule has 32 heavy (non-hydrogen) atoms. The predicted molar refractivity (Wildman–Crippen MR) is 122 cm³/mol. The van der Waals surface area contributed by atoms with Crippen LogP contribution in [0.3, 0.4) is 0 Å². The summed E-state index contributed by atoms with van der Waals surface area (Å²) in [4.78, 5) is 21.2. The predicted octanol–water partition coefficient (Wildman–Crippen LogP) is 3.30. The molecule has 3 heterocycles. The van der Waals surface area contributed by atoms with Gasteiger partial charge < -0.3 is 9.73 Å². The summed E-state index contributed by atoms with van der Waals surface area (Å²) >= 11 is 1.55. The normalized spacial score (nSPS) is 15.6. The van der Waals surface area contributed by atoms with Crippen molar-refractivity contribution in [1.29, 1.82) is 0 Å². The molecule has 0 atom stereocenters. The summed E-state index contributed by atoms with van der Waals surface area (Å²) in [7, 11) is -3.58. The molecule has 162 valence electrons. The Morgan fingerprint density at radius 2 is 1.91 bits per heavy atom. The maximum absolute atomic E-state index is 12.2. The van der Waals surface area contributed by atoms with Crippen molar-refractivity contribution in [2.75, 3.05) is 6.54 Å². The van der Waals surface area contributed by atoms with Crippen LogP contribution in [0.4, 0.5) is 0 Å². The summed E-state index contributed by atoms with van der Waals surface area (Å²) in [6, 6.07) is 18.2. The van der Waals surface area contributed by atoms with Crippen LogP contribution in [0, 0.1) is 0 Å². The minimum absolute atomic E-state index is 0.124. The fourth-order valence-electron chi connectivity index (χ4n) is 3.36. The first-order valence-electron chi connectivity index (χ1n) is 9.88. The lowest BCUT2D eigenvalue weighted by Crippen LogP contribution is -2.25. The van der Waals surface area contributed by atoms with Crippen LogP contribution in [0.5, 0.6) is 0 Å². The van der Waals surface area contributed by atoms with Crippen LogP contribution in [0.2, 0.25) is 0 Å². The number of benzene rings is 2. The molecular formula is C22H18N4O4S2. The quantitative estimate of drug-likeness (QED) is 0.453. The highest BCUT2D eigenvalue weighted by atomic mass is 32.2. The molecule has 2 aromatic carbocycles. The summed E-state index contributed by atoms with van der Waals surface area (Å²) in [5, 5.41) is 3.58. The van der Waals surface area contributed by atoms with Gasteiger partial charge in [-0.05, 0) is 36.4 Å². The third-order valence-electron chi connectivity index (χ3n) is 4.90. The number of nitrogens with one attached hydrogen (secondary N) is 2. The lowest BCUT2D eigenvalue weighted by molar-refractivity contribution is -0.121. The maximum atomic E-state index is 12.2. The van der Waals surface area contributed by atoms with Gasteiger partial charge in [-0.3, -0.25) is 14.5 Å². The van der Waals surface area contributed by atoms with Crippen molar-refractivity contribution in [3.8, 4) is 10.8 Å². The number of aromatic nitrogens is 1. The Morgan fingerprint density at radius 3 is 2.78 bits per heavy atom. The minimum Gasteiger partial charge on any atom is -0.457 e. The van der Waals surface area contributed by atoms with E-state index in [0.717, 1.165) is 15.2 Å². The van der Waals surface area contributed by atoms with Crippen LogP contribution >= 0.6 is 11.3 Å². The summed E-state index contributed by atoms with van der Waals surface area (Å²) in [6.45, 7) is 0.406. The molecule has 1 aliphatic heterocycles. The van der Waals surface area contributed by atoms with Crippen LogP contribution < -0.4 is 10.0 Å². The van der Waals surface area contributed by atoms with Gasteiger partial charge in [0, 0.05) is 12.0 Å². The molecule has 0 saturated carbocycles. The third kappa shape index (κ3) is 4.02. The number of rotatable bonds is 6. The summed E-state index contributed by atoms with van der Waals surface area (Å²) in [5.41, 5.74) is 1.44. The van der Waals surface area contributed by atoms with E-state index >= 15 is 0 Å². The number of thiazole rings is 1. The van der Waals surface area contributed by atoms with Gasteiger partial charge in [-0.25, -0.2) is 13.4 Å². The van der Waals surface area contributed by atoms with E-state index < -0.39 is 10.0 Å². The SMILES string of the molecule is O=C(CCN=C1NS(=O)(=O)c2ccccc21)NCc1ccc(-c2nc3ccccc3s2)o1. The number of carbonyl (C=O) groups excluding carboxylic acids is 1. The maximum Gasteiger partial charge on any atom is 0.263 e. The number of fused-ring (bicyclic) bond motifs is 2. The molecule has 8 nitrogen and oxygen atoms in total. The van der Waals surface area contributed by atoms with Gasteiger partial charge in [-0.15, -0.1) is 11.3 Å². The number of amidine groups is 1. The fourth-order valence-corrected chi connectivity index (χ4v) is 5.54. The molecule has 2 N–H and O–H groups in total. The molecule has 0 aliphatic carbocycles. The second-order valence-corrected chi connectivity index (χ2v) is 9.79. The number of sulfonamides is 1. The highest BCUT2D eigenvalue weighted by Gasteiger charge is 2.29. The smallest absolute Gasteiger partial charge is 0.263 e. The van der Waals surface area contributed by atoms with Gasteiger partial charge in [0.1, 0.15) is 11.6 Å². The average Bonchev–Trinajstić information content (AvgIpc) is 3.49. The molecular weight excluding hydrogens is 448 g/mol. The number of hydrogen-bond acceptors (Lipinski definition) is 7. The van der Waals surface area contributed by atoms with E-state index in [4.69, 9.17) is 4.42 Å². The molecule has 10 heteroatoms. The van der Waals surface area contributed by atoms with E-state index in [0.29, 0.717) is 17.1 Å². The van der Waals surface area contributed by atoms with Gasteiger partial charge in [-0.2, -0.15) is 0 Å². The van der Waals surface area contributed by atoms with Gasteiger partial charge in [-0.1, -0.05) is 24.3 Å². The van der Waals surface area contributed by atoms with E-state index in [1.165, 1.54) is 6.07 Å². The number of aliphatic imine (C=N–C) groups is 1. The first-order valence-corrected chi connectivity index (χ1v) is 12.2. The molecule has 0 bridgehead atoms. The summed E-state index contributed by atoms with van der Waals surface area (Å²) in [5.74, 6) is 1.34. The Balaban J connectivity index is 1.16. The number of nitrogens with zero attached hydrogens (tertiary/aromatic N) is 2. The van der Waals surface area contributed by atoms with Gasteiger partial charge >= 0.3 is 0 Å². The van der Waals surface area contributed by atoms with E-state index in [-0.39, 0.29) is 36.1 Å². The van der Waals surface area contributed by atoms with Crippen LogP contribution in [-0.2, 0) is 21.4 Å². The fraction of sp³-hybridized carbons (Fsp3) is 0.136. The summed E-state index contributed by atoms with van der Waals surface area (Å²) < 4.78 is 33.5. The number of furan rings is 1. The Kier molecular flexibility index (Phi) is 5.24. The first-order chi connectivity index (χ1) is 15.5. The van der Waals surface area contributed by atoms with E-state index in [2.05, 4.69) is 20.0 Å². The molecule has 2 aromatic heterocycles. The molecule has 0 fully saturated rings. The molecule has 4 aromatic rings. The van der Waals surface area contributed by atoms with E-state index in [1.807, 2.05) is 36.4 Å². The van der Waals surface area contributed by atoms with Gasteiger partial charge in [0.05, 0.1) is 28.2 Å². The number of carbonyl (C=O) groups is 1. The average molecular weight is 467 g/mol. The Hall–Kier alpha value is -3.50. The largest absolute Gasteiger partial charge is 0.457 e. The number of amides is 1. The van der Waals surface area contributed by atoms with Crippen molar-refractivity contribution in [3.05, 3.63) is 72.0 Å². The zero-order chi connectivity index (χ0) is 22.1. The second-order valence-electron chi connectivity index (χ2n) is 7.11. The van der Waals surface area contributed by atoms with Crippen molar-refractivity contribution in [3.63, 3.8) is 0 Å². The highest BCUT2D eigenvalue weighted by molar-refractivity contribution is 7.90. The minimum atomic E-state index is -3.58. The van der Waals surface area contributed by atoms with Gasteiger partial charge in [0.15, 0.2) is 10.8 Å². The zero-order valence-electron chi connectivity index (χ0n) is 16.7. The highest BCUT2D eigenvalue weighted by Crippen LogP contribution is 2.31. The van der Waals surface area contributed by atoms with Crippen molar-refractivity contribution in [2.45, 2.75) is 17.9 Å². The number of para-hydroxylation sites is 1. The molecule has 1 amide bonds.